The maximum Gasteiger partial charge on any atom is 0.417 e. The van der Waals surface area contributed by atoms with E-state index in [1.54, 1.807) is 6.92 Å². The standard InChI is InChI=1S/C7H7N3O3/c1-3-4-5(13-7(12)8-4)6(11)10(2)9-3/h1-2H3,(H,8,12). The van der Waals surface area contributed by atoms with E-state index in [0.29, 0.717) is 11.2 Å². The van der Waals surface area contributed by atoms with Crippen LogP contribution in [0.1, 0.15) is 5.69 Å². The van der Waals surface area contributed by atoms with Crippen LogP contribution in [-0.4, -0.2) is 14.8 Å². The minimum atomic E-state index is -0.636. The van der Waals surface area contributed by atoms with Crippen molar-refractivity contribution in [2.24, 2.45) is 7.05 Å². The van der Waals surface area contributed by atoms with E-state index in [4.69, 9.17) is 0 Å². The van der Waals surface area contributed by atoms with Gasteiger partial charge in [0, 0.05) is 7.05 Å². The highest BCUT2D eigenvalue weighted by Gasteiger charge is 2.10. The molecule has 0 aliphatic carbocycles. The van der Waals surface area contributed by atoms with Gasteiger partial charge >= 0.3 is 11.3 Å². The molecule has 0 atom stereocenters. The maximum atomic E-state index is 11.3. The number of aryl methyl sites for hydroxylation is 2. The molecular formula is C7H7N3O3. The Morgan fingerprint density at radius 3 is 2.85 bits per heavy atom. The fraction of sp³-hybridized carbons (Fsp3) is 0.286. The number of H-pyrrole nitrogens is 1. The van der Waals surface area contributed by atoms with Crippen LogP contribution in [0, 0.1) is 6.92 Å². The minimum Gasteiger partial charge on any atom is -0.402 e. The molecule has 6 heteroatoms. The summed E-state index contributed by atoms with van der Waals surface area (Å²) in [7, 11) is 1.50. The average Bonchev–Trinajstić information content (AvgIpc) is 2.44. The van der Waals surface area contributed by atoms with Gasteiger partial charge < -0.3 is 4.42 Å². The molecule has 0 aliphatic heterocycles. The predicted molar refractivity (Wildman–Crippen MR) is 44.6 cm³/mol. The summed E-state index contributed by atoms with van der Waals surface area (Å²) in [5.41, 5.74) is 0.537. The molecule has 68 valence electrons. The molecule has 13 heavy (non-hydrogen) atoms. The number of hydrogen-bond donors (Lipinski definition) is 1. The Hall–Kier alpha value is -1.85. The van der Waals surface area contributed by atoms with Crippen LogP contribution in [0.25, 0.3) is 11.1 Å². The molecule has 1 N–H and O–H groups in total. The topological polar surface area (TPSA) is 80.9 Å². The highest BCUT2D eigenvalue weighted by atomic mass is 16.4. The lowest BCUT2D eigenvalue weighted by molar-refractivity contribution is 0.544. The van der Waals surface area contributed by atoms with Gasteiger partial charge in [-0.05, 0) is 6.92 Å². The number of oxazole rings is 1. The van der Waals surface area contributed by atoms with Gasteiger partial charge in [-0.2, -0.15) is 5.10 Å². The van der Waals surface area contributed by atoms with Crippen LogP contribution < -0.4 is 11.3 Å². The number of nitrogens with zero attached hydrogens (tertiary/aromatic N) is 2. The van der Waals surface area contributed by atoms with Crippen molar-refractivity contribution in [1.29, 1.82) is 0 Å². The molecule has 2 rings (SSSR count). The molecular weight excluding hydrogens is 174 g/mol. The molecule has 2 aromatic rings. The Balaban J connectivity index is 3.13. The normalized spacial score (nSPS) is 10.9. The molecule has 0 aliphatic rings. The van der Waals surface area contributed by atoms with Crippen molar-refractivity contribution in [3.05, 3.63) is 26.6 Å². The second kappa shape index (κ2) is 2.32. The smallest absolute Gasteiger partial charge is 0.402 e. The van der Waals surface area contributed by atoms with Crippen LogP contribution in [0.3, 0.4) is 0 Å². The van der Waals surface area contributed by atoms with Crippen molar-refractivity contribution in [3.63, 3.8) is 0 Å². The van der Waals surface area contributed by atoms with E-state index in [-0.39, 0.29) is 5.58 Å². The van der Waals surface area contributed by atoms with E-state index < -0.39 is 11.3 Å². The van der Waals surface area contributed by atoms with Crippen LogP contribution >= 0.6 is 0 Å². The third-order valence-electron chi connectivity index (χ3n) is 1.80. The van der Waals surface area contributed by atoms with Crippen molar-refractivity contribution in [3.8, 4) is 0 Å². The molecule has 0 spiro atoms. The van der Waals surface area contributed by atoms with Crippen LogP contribution in [0.4, 0.5) is 0 Å². The molecule has 0 amide bonds. The van der Waals surface area contributed by atoms with Gasteiger partial charge in [0.2, 0.25) is 5.58 Å². The van der Waals surface area contributed by atoms with Gasteiger partial charge in [0.05, 0.1) is 5.69 Å². The summed E-state index contributed by atoms with van der Waals surface area (Å²) in [6, 6.07) is 0. The fourth-order valence-electron chi connectivity index (χ4n) is 1.20. The highest BCUT2D eigenvalue weighted by Crippen LogP contribution is 2.05. The molecule has 0 fully saturated rings. The predicted octanol–water partition coefficient (Wildman–Crippen LogP) is -0.477. The zero-order valence-electron chi connectivity index (χ0n) is 7.12. The second-order valence-electron chi connectivity index (χ2n) is 2.73. The average molecular weight is 181 g/mol. The molecule has 0 aromatic carbocycles. The van der Waals surface area contributed by atoms with Crippen LogP contribution in [0.5, 0.6) is 0 Å². The van der Waals surface area contributed by atoms with Crippen molar-refractivity contribution >= 4 is 11.1 Å². The summed E-state index contributed by atoms with van der Waals surface area (Å²) in [5.74, 6) is -0.636. The largest absolute Gasteiger partial charge is 0.417 e. The minimum absolute atomic E-state index is 0.0278. The van der Waals surface area contributed by atoms with E-state index in [2.05, 4.69) is 14.5 Å². The Morgan fingerprint density at radius 1 is 1.46 bits per heavy atom. The molecule has 2 aromatic heterocycles. The lowest BCUT2D eigenvalue weighted by Gasteiger charge is -1.96. The first-order chi connectivity index (χ1) is 6.09. The van der Waals surface area contributed by atoms with Crippen LogP contribution in [0.2, 0.25) is 0 Å². The summed E-state index contributed by atoms with van der Waals surface area (Å²) in [6.07, 6.45) is 0. The number of nitrogens with one attached hydrogen (secondary N) is 1. The van der Waals surface area contributed by atoms with E-state index in [0.717, 1.165) is 4.68 Å². The first-order valence-corrected chi connectivity index (χ1v) is 3.66. The van der Waals surface area contributed by atoms with E-state index in [9.17, 15) is 9.59 Å². The lowest BCUT2D eigenvalue weighted by atomic mass is 10.4. The number of rotatable bonds is 0. The van der Waals surface area contributed by atoms with Gasteiger partial charge in [-0.1, -0.05) is 0 Å². The van der Waals surface area contributed by atoms with Crippen molar-refractivity contribution < 1.29 is 4.42 Å². The molecule has 0 unspecified atom stereocenters. The third kappa shape index (κ3) is 0.986. The first kappa shape index (κ1) is 7.78. The molecule has 0 radical (unpaired) electrons. The fourth-order valence-corrected chi connectivity index (χ4v) is 1.20. The Labute approximate surface area is 71.8 Å². The summed E-state index contributed by atoms with van der Waals surface area (Å²) < 4.78 is 5.81. The van der Waals surface area contributed by atoms with E-state index in [1.165, 1.54) is 7.05 Å². The molecule has 2 heterocycles. The lowest BCUT2D eigenvalue weighted by Crippen LogP contribution is -2.19. The Bertz CT molecular complexity index is 575. The van der Waals surface area contributed by atoms with Gasteiger partial charge in [-0.3, -0.25) is 9.78 Å². The Morgan fingerprint density at radius 2 is 2.15 bits per heavy atom. The summed E-state index contributed by atoms with van der Waals surface area (Å²) in [5, 5.41) is 3.89. The van der Waals surface area contributed by atoms with Crippen molar-refractivity contribution in [2.45, 2.75) is 6.92 Å². The highest BCUT2D eigenvalue weighted by molar-refractivity contribution is 5.72. The Kier molecular flexibility index (Phi) is 1.39. The number of fused-ring (bicyclic) bond motifs is 1. The third-order valence-corrected chi connectivity index (χ3v) is 1.80. The second-order valence-corrected chi connectivity index (χ2v) is 2.73. The van der Waals surface area contributed by atoms with Gasteiger partial charge in [-0.25, -0.2) is 9.48 Å². The van der Waals surface area contributed by atoms with Crippen LogP contribution in [0.15, 0.2) is 14.0 Å². The van der Waals surface area contributed by atoms with Gasteiger partial charge in [-0.15, -0.1) is 0 Å². The summed E-state index contributed by atoms with van der Waals surface area (Å²) in [6.45, 7) is 1.69. The van der Waals surface area contributed by atoms with E-state index >= 15 is 0 Å². The monoisotopic (exact) mass is 181 g/mol. The quantitative estimate of drug-likeness (QED) is 0.595. The van der Waals surface area contributed by atoms with E-state index in [1.807, 2.05) is 0 Å². The van der Waals surface area contributed by atoms with Gasteiger partial charge in [0.25, 0.3) is 0 Å². The SMILES string of the molecule is Cc1nn(C)c(=O)c2oc(=O)[nH]c12. The van der Waals surface area contributed by atoms with Gasteiger partial charge in [0.1, 0.15) is 5.52 Å². The van der Waals surface area contributed by atoms with Crippen molar-refractivity contribution in [2.75, 3.05) is 0 Å². The maximum absolute atomic E-state index is 11.3. The zero-order chi connectivity index (χ0) is 9.59. The number of hydrogen-bond acceptors (Lipinski definition) is 4. The number of aromatic amines is 1. The number of aromatic nitrogens is 3. The summed E-state index contributed by atoms with van der Waals surface area (Å²) >= 11 is 0. The molecule has 0 saturated carbocycles. The van der Waals surface area contributed by atoms with Gasteiger partial charge in [0.15, 0.2) is 0 Å². The molecule has 6 nitrogen and oxygen atoms in total. The van der Waals surface area contributed by atoms with Crippen molar-refractivity contribution in [1.82, 2.24) is 14.8 Å². The van der Waals surface area contributed by atoms with Crippen LogP contribution in [-0.2, 0) is 7.05 Å². The molecule has 0 saturated heterocycles. The summed E-state index contributed by atoms with van der Waals surface area (Å²) in [4.78, 5) is 24.5. The molecule has 0 bridgehead atoms. The first-order valence-electron chi connectivity index (χ1n) is 3.66. The zero-order valence-corrected chi connectivity index (χ0v) is 7.12.